The van der Waals surface area contributed by atoms with Crippen molar-refractivity contribution in [2.45, 2.75) is 24.8 Å². The second-order valence-corrected chi connectivity index (χ2v) is 11.2. The Hall–Kier alpha value is -3.21. The van der Waals surface area contributed by atoms with Gasteiger partial charge in [-0.25, -0.2) is 13.4 Å². The van der Waals surface area contributed by atoms with E-state index in [1.165, 1.54) is 4.31 Å². The molecule has 0 amide bonds. The van der Waals surface area contributed by atoms with Gasteiger partial charge in [0, 0.05) is 45.7 Å². The molecule has 2 aromatic carbocycles. The number of aryl methyl sites for hydroxylation is 1. The molecular weight excluding hydrogens is 478 g/mol. The molecule has 3 aromatic rings. The van der Waals surface area contributed by atoms with Gasteiger partial charge in [-0.2, -0.15) is 9.29 Å². The van der Waals surface area contributed by atoms with Gasteiger partial charge in [0.25, 0.3) is 0 Å². The first-order valence-corrected chi connectivity index (χ1v) is 13.5. The molecule has 9 nitrogen and oxygen atoms in total. The number of rotatable bonds is 6. The summed E-state index contributed by atoms with van der Waals surface area (Å²) < 4.78 is 39.9. The molecule has 1 fully saturated rings. The second-order valence-electron chi connectivity index (χ2n) is 9.23. The van der Waals surface area contributed by atoms with Crippen molar-refractivity contribution in [1.82, 2.24) is 19.2 Å². The molecule has 0 atom stereocenters. The smallest absolute Gasteiger partial charge is 0.243 e. The van der Waals surface area contributed by atoms with Crippen molar-refractivity contribution in [3.8, 4) is 17.4 Å². The van der Waals surface area contributed by atoms with E-state index in [0.717, 1.165) is 43.2 Å². The monoisotopic (exact) mass is 509 g/mol. The first-order valence-electron chi connectivity index (χ1n) is 12.1. The summed E-state index contributed by atoms with van der Waals surface area (Å²) in [5.41, 5.74) is 2.43. The molecule has 0 unspecified atom stereocenters. The standard InChI is InChI=1S/C26H31N5O4S/c1-19-5-4-6-22(17-19)36(32,33)31-12-11-24-23(18-31)25(35-21-9-7-20(34-3)8-10-21)28-26(27-24)30-15-13-29(2)14-16-30/h4-10,17H,11-16,18H2,1-3H3. The highest BCUT2D eigenvalue weighted by Gasteiger charge is 2.33. The lowest BCUT2D eigenvalue weighted by molar-refractivity contribution is 0.310. The van der Waals surface area contributed by atoms with Crippen LogP contribution < -0.4 is 14.4 Å². The van der Waals surface area contributed by atoms with Crippen LogP contribution in [0.1, 0.15) is 16.8 Å². The number of fused-ring (bicyclic) bond motifs is 1. The van der Waals surface area contributed by atoms with Crippen LogP contribution in [-0.4, -0.2) is 74.5 Å². The number of hydrogen-bond donors (Lipinski definition) is 0. The minimum absolute atomic E-state index is 0.153. The van der Waals surface area contributed by atoms with Crippen LogP contribution in [0.2, 0.25) is 0 Å². The topological polar surface area (TPSA) is 88.1 Å². The number of nitrogens with zero attached hydrogens (tertiary/aromatic N) is 5. The summed E-state index contributed by atoms with van der Waals surface area (Å²) in [5.74, 6) is 2.34. The number of sulfonamides is 1. The number of benzene rings is 2. The fraction of sp³-hybridized carbons (Fsp3) is 0.385. The van der Waals surface area contributed by atoms with E-state index >= 15 is 0 Å². The Balaban J connectivity index is 1.50. The molecule has 5 rings (SSSR count). The minimum Gasteiger partial charge on any atom is -0.497 e. The number of ether oxygens (including phenoxy) is 2. The summed E-state index contributed by atoms with van der Waals surface area (Å²) >= 11 is 0. The maximum absolute atomic E-state index is 13.5. The average molecular weight is 510 g/mol. The van der Waals surface area contributed by atoms with Crippen LogP contribution in [-0.2, 0) is 23.0 Å². The van der Waals surface area contributed by atoms with Gasteiger partial charge in [-0.3, -0.25) is 0 Å². The molecular formula is C26H31N5O4S. The van der Waals surface area contributed by atoms with Gasteiger partial charge in [0.2, 0.25) is 21.9 Å². The molecule has 0 bridgehead atoms. The lowest BCUT2D eigenvalue weighted by Crippen LogP contribution is -2.45. The van der Waals surface area contributed by atoms with Crippen LogP contribution in [0, 0.1) is 6.92 Å². The molecule has 1 saturated heterocycles. The molecule has 1 aromatic heterocycles. The fourth-order valence-corrected chi connectivity index (χ4v) is 5.98. The molecule has 3 heterocycles. The Labute approximate surface area is 212 Å². The highest BCUT2D eigenvalue weighted by molar-refractivity contribution is 7.89. The number of piperazine rings is 1. The van der Waals surface area contributed by atoms with Gasteiger partial charge >= 0.3 is 0 Å². The average Bonchev–Trinajstić information content (AvgIpc) is 2.89. The zero-order chi connectivity index (χ0) is 25.3. The number of methoxy groups -OCH3 is 1. The van der Waals surface area contributed by atoms with Gasteiger partial charge in [0.1, 0.15) is 11.5 Å². The van der Waals surface area contributed by atoms with Crippen LogP contribution >= 0.6 is 0 Å². The van der Waals surface area contributed by atoms with Crippen molar-refractivity contribution in [1.29, 1.82) is 0 Å². The molecule has 190 valence electrons. The molecule has 0 N–H and O–H groups in total. The van der Waals surface area contributed by atoms with Crippen LogP contribution in [0.3, 0.4) is 0 Å². The third-order valence-corrected chi connectivity index (χ3v) is 8.50. The lowest BCUT2D eigenvalue weighted by atomic mass is 10.1. The van der Waals surface area contributed by atoms with E-state index < -0.39 is 10.0 Å². The van der Waals surface area contributed by atoms with Crippen molar-refractivity contribution in [2.75, 3.05) is 51.8 Å². The van der Waals surface area contributed by atoms with E-state index in [-0.39, 0.29) is 6.54 Å². The predicted octanol–water partition coefficient (Wildman–Crippen LogP) is 3.08. The Morgan fingerprint density at radius 3 is 2.33 bits per heavy atom. The van der Waals surface area contributed by atoms with E-state index in [0.29, 0.717) is 41.0 Å². The predicted molar refractivity (Wildman–Crippen MR) is 137 cm³/mol. The Morgan fingerprint density at radius 2 is 1.64 bits per heavy atom. The molecule has 0 saturated carbocycles. The van der Waals surface area contributed by atoms with Crippen molar-refractivity contribution < 1.29 is 17.9 Å². The summed E-state index contributed by atoms with van der Waals surface area (Å²) in [7, 11) is 0.0442. The lowest BCUT2D eigenvalue weighted by Gasteiger charge is -2.34. The third kappa shape index (κ3) is 5.02. The maximum atomic E-state index is 13.5. The molecule has 0 radical (unpaired) electrons. The highest BCUT2D eigenvalue weighted by Crippen LogP contribution is 2.34. The largest absolute Gasteiger partial charge is 0.497 e. The van der Waals surface area contributed by atoms with Crippen molar-refractivity contribution in [3.05, 3.63) is 65.4 Å². The highest BCUT2D eigenvalue weighted by atomic mass is 32.2. The zero-order valence-corrected chi connectivity index (χ0v) is 21.7. The van der Waals surface area contributed by atoms with E-state index in [2.05, 4.69) is 16.8 Å². The number of aromatic nitrogens is 2. The van der Waals surface area contributed by atoms with Gasteiger partial charge in [0.15, 0.2) is 0 Å². The summed E-state index contributed by atoms with van der Waals surface area (Å²) in [6.45, 7) is 5.90. The van der Waals surface area contributed by atoms with Crippen molar-refractivity contribution >= 4 is 16.0 Å². The normalized spacial score (nSPS) is 17.0. The SMILES string of the molecule is COc1ccc(Oc2nc(N3CCN(C)CC3)nc3c2CN(S(=O)(=O)c2cccc(C)c2)CC3)cc1. The summed E-state index contributed by atoms with van der Waals surface area (Å²) in [5, 5.41) is 0. The number of anilines is 1. The first-order chi connectivity index (χ1) is 17.3. The fourth-order valence-electron chi connectivity index (χ4n) is 4.46. The van der Waals surface area contributed by atoms with E-state index in [4.69, 9.17) is 19.4 Å². The van der Waals surface area contributed by atoms with Crippen LogP contribution in [0.5, 0.6) is 17.4 Å². The Bertz CT molecular complexity index is 1340. The second kappa shape index (κ2) is 10.0. The number of likely N-dealkylation sites (N-methyl/N-ethyl adjacent to an activating group) is 1. The number of hydrogen-bond acceptors (Lipinski definition) is 8. The molecule has 10 heteroatoms. The van der Waals surface area contributed by atoms with Crippen LogP contribution in [0.15, 0.2) is 53.4 Å². The maximum Gasteiger partial charge on any atom is 0.243 e. The molecule has 2 aliphatic heterocycles. The van der Waals surface area contributed by atoms with Gasteiger partial charge < -0.3 is 19.3 Å². The quantitative estimate of drug-likeness (QED) is 0.501. The minimum atomic E-state index is -3.67. The van der Waals surface area contributed by atoms with Gasteiger partial charge in [-0.15, -0.1) is 0 Å². The first kappa shape index (κ1) is 24.5. The van der Waals surface area contributed by atoms with E-state index in [9.17, 15) is 8.42 Å². The molecule has 36 heavy (non-hydrogen) atoms. The Kier molecular flexibility index (Phi) is 6.83. The van der Waals surface area contributed by atoms with E-state index in [1.54, 1.807) is 25.3 Å². The molecule has 0 aliphatic carbocycles. The van der Waals surface area contributed by atoms with Gasteiger partial charge in [-0.1, -0.05) is 12.1 Å². The summed E-state index contributed by atoms with van der Waals surface area (Å²) in [6, 6.07) is 14.3. The van der Waals surface area contributed by atoms with E-state index in [1.807, 2.05) is 37.3 Å². The molecule has 2 aliphatic rings. The van der Waals surface area contributed by atoms with Gasteiger partial charge in [0.05, 0.1) is 23.3 Å². The summed E-state index contributed by atoms with van der Waals surface area (Å²) in [4.78, 5) is 14.4. The van der Waals surface area contributed by atoms with Crippen LogP contribution in [0.4, 0.5) is 5.95 Å². The van der Waals surface area contributed by atoms with Gasteiger partial charge in [-0.05, 0) is 55.9 Å². The summed E-state index contributed by atoms with van der Waals surface area (Å²) in [6.07, 6.45) is 0.489. The van der Waals surface area contributed by atoms with Crippen LogP contribution in [0.25, 0.3) is 0 Å². The van der Waals surface area contributed by atoms with Crippen molar-refractivity contribution in [3.63, 3.8) is 0 Å². The van der Waals surface area contributed by atoms with Crippen molar-refractivity contribution in [2.24, 2.45) is 0 Å². The Morgan fingerprint density at radius 1 is 0.917 bits per heavy atom. The third-order valence-electron chi connectivity index (χ3n) is 6.66. The molecule has 0 spiro atoms. The zero-order valence-electron chi connectivity index (χ0n) is 20.8.